The van der Waals surface area contributed by atoms with Gasteiger partial charge in [0.25, 0.3) is 11.8 Å². The van der Waals surface area contributed by atoms with Gasteiger partial charge in [-0.2, -0.15) is 0 Å². The van der Waals surface area contributed by atoms with E-state index in [0.717, 1.165) is 4.47 Å². The van der Waals surface area contributed by atoms with Crippen LogP contribution in [0.15, 0.2) is 53.3 Å². The van der Waals surface area contributed by atoms with Crippen LogP contribution in [0.4, 0.5) is 0 Å². The molecule has 124 valence electrons. The number of nitrogens with zero attached hydrogens (tertiary/aromatic N) is 1. The first kappa shape index (κ1) is 17.8. The zero-order chi connectivity index (χ0) is 17.4. The smallest absolute Gasteiger partial charge is 0.269 e. The van der Waals surface area contributed by atoms with E-state index in [1.807, 2.05) is 0 Å². The zero-order valence-corrected chi connectivity index (χ0v) is 14.7. The standard InChI is InChI=1S/C15H13BrN4O3S/c16-11-1-3-12(4-2-11)23-9-13(21)18-15(24)20-19-14(22)10-5-7-17-8-6-10/h1-8H,9H2,(H,19,22)(H2,18,20,21,24). The van der Waals surface area contributed by atoms with E-state index in [9.17, 15) is 9.59 Å². The number of hydrogen-bond acceptors (Lipinski definition) is 5. The summed E-state index contributed by atoms with van der Waals surface area (Å²) in [4.78, 5) is 27.3. The number of hydrazine groups is 1. The molecular weight excluding hydrogens is 396 g/mol. The third kappa shape index (κ3) is 5.94. The fraction of sp³-hybridized carbons (Fsp3) is 0.0667. The Kier molecular flexibility index (Phi) is 6.64. The quantitative estimate of drug-likeness (QED) is 0.525. The Hall–Kier alpha value is -2.52. The van der Waals surface area contributed by atoms with Gasteiger partial charge in [0.1, 0.15) is 5.75 Å². The molecule has 0 aliphatic rings. The maximum Gasteiger partial charge on any atom is 0.269 e. The van der Waals surface area contributed by atoms with Crippen LogP contribution in [-0.4, -0.2) is 28.5 Å². The molecule has 0 unspecified atom stereocenters. The molecule has 0 aliphatic carbocycles. The van der Waals surface area contributed by atoms with E-state index < -0.39 is 11.8 Å². The molecule has 3 N–H and O–H groups in total. The van der Waals surface area contributed by atoms with Crippen molar-refractivity contribution in [1.29, 1.82) is 0 Å². The van der Waals surface area contributed by atoms with E-state index in [0.29, 0.717) is 11.3 Å². The van der Waals surface area contributed by atoms with Gasteiger partial charge >= 0.3 is 0 Å². The van der Waals surface area contributed by atoms with Gasteiger partial charge in [-0.25, -0.2) is 0 Å². The second kappa shape index (κ2) is 8.94. The van der Waals surface area contributed by atoms with Crippen LogP contribution in [0.5, 0.6) is 5.75 Å². The highest BCUT2D eigenvalue weighted by atomic mass is 79.9. The monoisotopic (exact) mass is 408 g/mol. The molecule has 2 rings (SSSR count). The predicted octanol–water partition coefficient (Wildman–Crippen LogP) is 1.56. The van der Waals surface area contributed by atoms with Crippen molar-refractivity contribution in [3.8, 4) is 5.75 Å². The van der Waals surface area contributed by atoms with Crippen LogP contribution in [-0.2, 0) is 4.79 Å². The lowest BCUT2D eigenvalue weighted by atomic mass is 10.3. The third-order valence-electron chi connectivity index (χ3n) is 2.67. The van der Waals surface area contributed by atoms with Gasteiger partial charge in [0.2, 0.25) is 0 Å². The summed E-state index contributed by atoms with van der Waals surface area (Å²) in [6, 6.07) is 10.1. The average Bonchev–Trinajstić information content (AvgIpc) is 2.60. The Labute approximate surface area is 151 Å². The van der Waals surface area contributed by atoms with Crippen molar-refractivity contribution in [2.24, 2.45) is 0 Å². The molecule has 0 radical (unpaired) electrons. The highest BCUT2D eigenvalue weighted by Gasteiger charge is 2.08. The number of benzene rings is 1. The molecule has 0 aliphatic heterocycles. The van der Waals surface area contributed by atoms with Gasteiger partial charge in [-0.1, -0.05) is 15.9 Å². The second-order valence-corrected chi connectivity index (χ2v) is 5.76. The SMILES string of the molecule is O=C(COc1ccc(Br)cc1)NC(=S)NNC(=O)c1ccncc1. The van der Waals surface area contributed by atoms with Crippen molar-refractivity contribution >= 4 is 45.1 Å². The van der Waals surface area contributed by atoms with Gasteiger partial charge < -0.3 is 4.74 Å². The van der Waals surface area contributed by atoms with Crippen LogP contribution < -0.4 is 20.9 Å². The van der Waals surface area contributed by atoms with Gasteiger partial charge in [0.05, 0.1) is 0 Å². The van der Waals surface area contributed by atoms with Crippen molar-refractivity contribution < 1.29 is 14.3 Å². The van der Waals surface area contributed by atoms with Gasteiger partial charge in [-0.05, 0) is 48.6 Å². The minimum atomic E-state index is -0.450. The molecule has 1 heterocycles. The number of hydrogen-bond donors (Lipinski definition) is 3. The first-order chi connectivity index (χ1) is 11.5. The van der Waals surface area contributed by atoms with Gasteiger partial charge in [-0.3, -0.25) is 30.7 Å². The maximum absolute atomic E-state index is 11.8. The van der Waals surface area contributed by atoms with E-state index in [1.54, 1.807) is 36.4 Å². The number of pyridine rings is 1. The number of carbonyl (C=O) groups excluding carboxylic acids is 2. The molecule has 0 spiro atoms. The topological polar surface area (TPSA) is 92.4 Å². The van der Waals surface area contributed by atoms with Crippen LogP contribution in [0.2, 0.25) is 0 Å². The van der Waals surface area contributed by atoms with Crippen LogP contribution in [0.25, 0.3) is 0 Å². The Morgan fingerprint density at radius 3 is 2.42 bits per heavy atom. The number of ether oxygens (including phenoxy) is 1. The van der Waals surface area contributed by atoms with Crippen molar-refractivity contribution in [3.63, 3.8) is 0 Å². The van der Waals surface area contributed by atoms with Crippen LogP contribution in [0.1, 0.15) is 10.4 Å². The molecular formula is C15H13BrN4O3S. The van der Waals surface area contributed by atoms with E-state index >= 15 is 0 Å². The molecule has 9 heteroatoms. The summed E-state index contributed by atoms with van der Waals surface area (Å²) in [6.45, 7) is -0.207. The molecule has 0 saturated carbocycles. The highest BCUT2D eigenvalue weighted by molar-refractivity contribution is 9.10. The number of halogens is 1. The summed E-state index contributed by atoms with van der Waals surface area (Å²) < 4.78 is 6.22. The fourth-order valence-electron chi connectivity index (χ4n) is 1.56. The molecule has 7 nitrogen and oxygen atoms in total. The summed E-state index contributed by atoms with van der Waals surface area (Å²) in [5, 5.41) is 2.35. The Morgan fingerprint density at radius 1 is 1.08 bits per heavy atom. The zero-order valence-electron chi connectivity index (χ0n) is 12.3. The normalized spacial score (nSPS) is 9.71. The summed E-state index contributed by atoms with van der Waals surface area (Å²) >= 11 is 8.22. The lowest BCUT2D eigenvalue weighted by molar-refractivity contribution is -0.121. The van der Waals surface area contributed by atoms with Gasteiger partial charge in [0, 0.05) is 22.4 Å². The molecule has 0 saturated heterocycles. The Morgan fingerprint density at radius 2 is 1.75 bits per heavy atom. The molecule has 0 fully saturated rings. The minimum Gasteiger partial charge on any atom is -0.484 e. The summed E-state index contributed by atoms with van der Waals surface area (Å²) in [7, 11) is 0. The molecule has 0 bridgehead atoms. The van der Waals surface area contributed by atoms with E-state index in [1.165, 1.54) is 12.4 Å². The average molecular weight is 409 g/mol. The lowest BCUT2D eigenvalue weighted by Crippen LogP contribution is -2.49. The molecule has 0 atom stereocenters. The van der Waals surface area contributed by atoms with E-state index in [-0.39, 0.29) is 11.7 Å². The minimum absolute atomic E-state index is 0.0400. The third-order valence-corrected chi connectivity index (χ3v) is 3.40. The first-order valence-electron chi connectivity index (χ1n) is 6.73. The van der Waals surface area contributed by atoms with Gasteiger partial charge in [-0.15, -0.1) is 0 Å². The molecule has 2 aromatic rings. The summed E-state index contributed by atoms with van der Waals surface area (Å²) in [5.41, 5.74) is 5.21. The molecule has 24 heavy (non-hydrogen) atoms. The largest absolute Gasteiger partial charge is 0.484 e. The summed E-state index contributed by atoms with van der Waals surface area (Å²) in [5.74, 6) is -0.299. The number of amides is 2. The van der Waals surface area contributed by atoms with E-state index in [4.69, 9.17) is 17.0 Å². The highest BCUT2D eigenvalue weighted by Crippen LogP contribution is 2.15. The summed E-state index contributed by atoms with van der Waals surface area (Å²) in [6.07, 6.45) is 2.99. The maximum atomic E-state index is 11.8. The molecule has 1 aromatic carbocycles. The molecule has 2 amide bonds. The van der Waals surface area contributed by atoms with E-state index in [2.05, 4.69) is 37.1 Å². The number of rotatable bonds is 4. The van der Waals surface area contributed by atoms with Crippen molar-refractivity contribution in [3.05, 3.63) is 58.8 Å². The Bertz CT molecular complexity index is 725. The molecule has 1 aromatic heterocycles. The number of thiocarbonyl (C=S) groups is 1. The Balaban J connectivity index is 1.70. The van der Waals surface area contributed by atoms with Crippen LogP contribution >= 0.6 is 28.1 Å². The van der Waals surface area contributed by atoms with Gasteiger partial charge in [0.15, 0.2) is 11.7 Å². The number of aromatic nitrogens is 1. The lowest BCUT2D eigenvalue weighted by Gasteiger charge is -2.11. The second-order valence-electron chi connectivity index (χ2n) is 4.43. The van der Waals surface area contributed by atoms with Crippen LogP contribution in [0.3, 0.4) is 0 Å². The number of carbonyl (C=O) groups is 2. The first-order valence-corrected chi connectivity index (χ1v) is 7.93. The fourth-order valence-corrected chi connectivity index (χ4v) is 1.99. The van der Waals surface area contributed by atoms with Crippen LogP contribution in [0, 0.1) is 0 Å². The predicted molar refractivity (Wildman–Crippen MR) is 95.2 cm³/mol. The van der Waals surface area contributed by atoms with Crippen molar-refractivity contribution in [2.75, 3.05) is 6.61 Å². The number of nitrogens with one attached hydrogen (secondary N) is 3. The van der Waals surface area contributed by atoms with Crippen molar-refractivity contribution in [2.45, 2.75) is 0 Å². The van der Waals surface area contributed by atoms with Crippen molar-refractivity contribution in [1.82, 2.24) is 21.2 Å².